The van der Waals surface area contributed by atoms with Crippen molar-refractivity contribution in [2.45, 2.75) is 58.7 Å². The van der Waals surface area contributed by atoms with Crippen molar-refractivity contribution < 1.29 is 9.32 Å². The van der Waals surface area contributed by atoms with Gasteiger partial charge in [-0.2, -0.15) is 4.98 Å². The molecule has 1 aliphatic heterocycles. The fourth-order valence-electron chi connectivity index (χ4n) is 3.53. The van der Waals surface area contributed by atoms with Gasteiger partial charge in [-0.3, -0.25) is 9.69 Å². The van der Waals surface area contributed by atoms with Crippen LogP contribution in [0.15, 0.2) is 28.8 Å². The summed E-state index contributed by atoms with van der Waals surface area (Å²) in [5.74, 6) is 1.13. The van der Waals surface area contributed by atoms with Crippen molar-refractivity contribution >= 4 is 11.6 Å². The lowest BCUT2D eigenvalue weighted by atomic mass is 10.2. The molecule has 6 nitrogen and oxygen atoms in total. The van der Waals surface area contributed by atoms with Crippen LogP contribution in [0.5, 0.6) is 0 Å². The second-order valence-corrected chi connectivity index (χ2v) is 6.61. The maximum absolute atomic E-state index is 11.1. The Kier molecular flexibility index (Phi) is 4.66. The van der Waals surface area contributed by atoms with Crippen molar-refractivity contribution in [1.29, 1.82) is 0 Å². The minimum Gasteiger partial charge on any atom is -0.337 e. The van der Waals surface area contributed by atoms with Gasteiger partial charge in [0.25, 0.3) is 0 Å². The van der Waals surface area contributed by atoms with Gasteiger partial charge in [-0.05, 0) is 57.9 Å². The van der Waals surface area contributed by atoms with E-state index in [-0.39, 0.29) is 11.9 Å². The number of likely N-dealkylation sites (tertiary alicyclic amines) is 1. The van der Waals surface area contributed by atoms with E-state index in [1.807, 2.05) is 24.3 Å². The summed E-state index contributed by atoms with van der Waals surface area (Å²) >= 11 is 0. The van der Waals surface area contributed by atoms with Gasteiger partial charge in [0.1, 0.15) is 0 Å². The molecule has 3 rings (SSSR count). The van der Waals surface area contributed by atoms with Gasteiger partial charge in [0.05, 0.1) is 6.04 Å². The Labute approximate surface area is 142 Å². The van der Waals surface area contributed by atoms with Crippen LogP contribution in [0.3, 0.4) is 0 Å². The zero-order chi connectivity index (χ0) is 17.3. The Morgan fingerprint density at radius 2 is 1.88 bits per heavy atom. The molecule has 1 aliphatic rings. The van der Waals surface area contributed by atoms with E-state index in [1.54, 1.807) is 0 Å². The second kappa shape index (κ2) is 6.73. The molecule has 6 heteroatoms. The fraction of sp³-hybridized carbons (Fsp3) is 0.500. The van der Waals surface area contributed by atoms with Gasteiger partial charge in [-0.15, -0.1) is 0 Å². The number of hydrogen-bond donors (Lipinski definition) is 1. The fourth-order valence-corrected chi connectivity index (χ4v) is 3.53. The third-order valence-electron chi connectivity index (χ3n) is 4.73. The van der Waals surface area contributed by atoms with Gasteiger partial charge >= 0.3 is 0 Å². The normalized spacial score (nSPS) is 22.5. The average Bonchev–Trinajstić information content (AvgIpc) is 3.14. The quantitative estimate of drug-likeness (QED) is 0.928. The summed E-state index contributed by atoms with van der Waals surface area (Å²) in [5, 5.41) is 6.86. The first-order chi connectivity index (χ1) is 11.5. The van der Waals surface area contributed by atoms with Crippen molar-refractivity contribution in [1.82, 2.24) is 15.0 Å². The Balaban J connectivity index is 1.76. The van der Waals surface area contributed by atoms with E-state index in [0.29, 0.717) is 23.8 Å². The number of nitrogens with one attached hydrogen (secondary N) is 1. The predicted octanol–water partition coefficient (Wildman–Crippen LogP) is 3.63. The van der Waals surface area contributed by atoms with Gasteiger partial charge in [0, 0.05) is 30.3 Å². The Morgan fingerprint density at radius 1 is 1.25 bits per heavy atom. The number of anilines is 1. The van der Waals surface area contributed by atoms with E-state index in [9.17, 15) is 4.79 Å². The number of carbonyl (C=O) groups is 1. The van der Waals surface area contributed by atoms with E-state index in [4.69, 9.17) is 4.52 Å². The van der Waals surface area contributed by atoms with E-state index in [1.165, 1.54) is 19.8 Å². The molecule has 2 heterocycles. The van der Waals surface area contributed by atoms with E-state index < -0.39 is 0 Å². The van der Waals surface area contributed by atoms with E-state index >= 15 is 0 Å². The summed E-state index contributed by atoms with van der Waals surface area (Å²) in [6.45, 7) is 8.10. The maximum Gasteiger partial charge on any atom is 0.244 e. The number of amides is 1. The number of benzene rings is 1. The molecule has 1 saturated heterocycles. The van der Waals surface area contributed by atoms with Gasteiger partial charge in [-0.1, -0.05) is 5.16 Å². The number of hydrogen-bond acceptors (Lipinski definition) is 5. The molecule has 0 unspecified atom stereocenters. The molecule has 1 amide bonds. The molecule has 1 aromatic heterocycles. The van der Waals surface area contributed by atoms with Crippen molar-refractivity contribution in [3.63, 3.8) is 0 Å². The zero-order valence-corrected chi connectivity index (χ0v) is 14.6. The number of nitrogens with zero attached hydrogens (tertiary/aromatic N) is 3. The first-order valence-corrected chi connectivity index (χ1v) is 8.44. The molecule has 1 aromatic carbocycles. The standard InChI is InChI=1S/C18H24N4O2/c1-11-5-6-12(2)22(11)13(3)18-20-17(21-24-18)15-7-9-16(10-8-15)19-14(4)23/h7-13H,5-6H2,1-4H3,(H,19,23)/t11-,12-,13+/m1/s1. The van der Waals surface area contributed by atoms with E-state index in [2.05, 4.69) is 41.1 Å². The first kappa shape index (κ1) is 16.6. The largest absolute Gasteiger partial charge is 0.337 e. The Bertz CT molecular complexity index is 700. The monoisotopic (exact) mass is 328 g/mol. The maximum atomic E-state index is 11.1. The van der Waals surface area contributed by atoms with Gasteiger partial charge in [-0.25, -0.2) is 0 Å². The van der Waals surface area contributed by atoms with Crippen molar-refractivity contribution in [2.75, 3.05) is 5.32 Å². The van der Waals surface area contributed by atoms with Gasteiger partial charge in [0.2, 0.25) is 17.6 Å². The lowest BCUT2D eigenvalue weighted by Crippen LogP contribution is -2.35. The minimum atomic E-state index is -0.0905. The average molecular weight is 328 g/mol. The summed E-state index contributed by atoms with van der Waals surface area (Å²) in [6, 6.07) is 8.60. The molecule has 0 spiro atoms. The first-order valence-electron chi connectivity index (χ1n) is 8.44. The van der Waals surface area contributed by atoms with Crippen LogP contribution < -0.4 is 5.32 Å². The van der Waals surface area contributed by atoms with Crippen molar-refractivity contribution in [2.24, 2.45) is 0 Å². The third-order valence-corrected chi connectivity index (χ3v) is 4.73. The molecule has 24 heavy (non-hydrogen) atoms. The SMILES string of the molecule is CC(=O)Nc1ccc(-c2noc([C@H](C)N3[C@H](C)CC[C@H]3C)n2)cc1. The molecular weight excluding hydrogens is 304 g/mol. The Morgan fingerprint density at radius 3 is 2.46 bits per heavy atom. The highest BCUT2D eigenvalue weighted by atomic mass is 16.5. The summed E-state index contributed by atoms with van der Waals surface area (Å²) in [6.07, 6.45) is 2.41. The smallest absolute Gasteiger partial charge is 0.244 e. The second-order valence-electron chi connectivity index (χ2n) is 6.61. The molecule has 128 valence electrons. The summed E-state index contributed by atoms with van der Waals surface area (Å²) < 4.78 is 5.51. The van der Waals surface area contributed by atoms with Crippen LogP contribution in [0.2, 0.25) is 0 Å². The lowest BCUT2D eigenvalue weighted by Gasteiger charge is -2.30. The van der Waals surface area contributed by atoms with Crippen LogP contribution in [0, 0.1) is 0 Å². The third kappa shape index (κ3) is 3.33. The molecule has 3 atom stereocenters. The predicted molar refractivity (Wildman–Crippen MR) is 92.4 cm³/mol. The van der Waals surface area contributed by atoms with Crippen LogP contribution in [-0.4, -0.2) is 33.0 Å². The zero-order valence-electron chi connectivity index (χ0n) is 14.6. The van der Waals surface area contributed by atoms with Crippen LogP contribution >= 0.6 is 0 Å². The van der Waals surface area contributed by atoms with Gasteiger partial charge < -0.3 is 9.84 Å². The number of carbonyl (C=O) groups excluding carboxylic acids is 1. The molecular formula is C18H24N4O2. The van der Waals surface area contributed by atoms with Crippen LogP contribution in [0.4, 0.5) is 5.69 Å². The molecule has 0 aliphatic carbocycles. The molecule has 0 saturated carbocycles. The summed E-state index contributed by atoms with van der Waals surface area (Å²) in [5.41, 5.74) is 1.62. The number of rotatable bonds is 4. The van der Waals surface area contributed by atoms with Crippen molar-refractivity contribution in [3.05, 3.63) is 30.2 Å². The molecule has 1 fully saturated rings. The highest BCUT2D eigenvalue weighted by Crippen LogP contribution is 2.33. The summed E-state index contributed by atoms with van der Waals surface area (Å²) in [4.78, 5) is 18.1. The van der Waals surface area contributed by atoms with Crippen LogP contribution in [0.25, 0.3) is 11.4 Å². The van der Waals surface area contributed by atoms with Gasteiger partial charge in [0.15, 0.2) is 0 Å². The summed E-state index contributed by atoms with van der Waals surface area (Å²) in [7, 11) is 0. The molecule has 2 aromatic rings. The highest BCUT2D eigenvalue weighted by molar-refractivity contribution is 5.88. The van der Waals surface area contributed by atoms with E-state index in [0.717, 1.165) is 11.3 Å². The molecule has 1 N–H and O–H groups in total. The minimum absolute atomic E-state index is 0.0905. The Hall–Kier alpha value is -2.21. The molecule has 0 radical (unpaired) electrons. The lowest BCUT2D eigenvalue weighted by molar-refractivity contribution is -0.114. The highest BCUT2D eigenvalue weighted by Gasteiger charge is 2.34. The van der Waals surface area contributed by atoms with Crippen LogP contribution in [-0.2, 0) is 4.79 Å². The van der Waals surface area contributed by atoms with Crippen molar-refractivity contribution in [3.8, 4) is 11.4 Å². The van der Waals surface area contributed by atoms with Crippen LogP contribution in [0.1, 0.15) is 52.5 Å². The topological polar surface area (TPSA) is 71.3 Å². The number of aromatic nitrogens is 2. The molecule has 0 bridgehead atoms.